The van der Waals surface area contributed by atoms with E-state index >= 15 is 0 Å². The fourth-order valence-corrected chi connectivity index (χ4v) is 5.16. The number of aryl methyl sites for hydroxylation is 1. The third-order valence-corrected chi connectivity index (χ3v) is 7.20. The van der Waals surface area contributed by atoms with E-state index in [1.165, 1.54) is 5.56 Å². The van der Waals surface area contributed by atoms with Crippen molar-refractivity contribution < 1.29 is 14.3 Å². The SMILES string of the molecule is COc1ccc(CC[CH]c2cccc(NC(=O)CCCSSc3ccccn3)c2)cc1OC. The van der Waals surface area contributed by atoms with Gasteiger partial charge in [-0.3, -0.25) is 4.79 Å². The molecule has 173 valence electrons. The van der Waals surface area contributed by atoms with Gasteiger partial charge >= 0.3 is 0 Å². The van der Waals surface area contributed by atoms with E-state index < -0.39 is 0 Å². The van der Waals surface area contributed by atoms with E-state index in [0.717, 1.165) is 52.8 Å². The molecule has 0 saturated carbocycles. The molecule has 0 unspecified atom stereocenters. The molecule has 7 heteroatoms. The molecule has 0 saturated heterocycles. The van der Waals surface area contributed by atoms with Gasteiger partial charge in [-0.1, -0.05) is 35.1 Å². The van der Waals surface area contributed by atoms with Crippen molar-refractivity contribution in [2.45, 2.75) is 30.7 Å². The van der Waals surface area contributed by atoms with Crippen LogP contribution in [0.2, 0.25) is 0 Å². The monoisotopic (exact) mass is 481 g/mol. The van der Waals surface area contributed by atoms with Crippen molar-refractivity contribution in [1.82, 2.24) is 4.98 Å². The molecule has 1 N–H and O–H groups in total. The molecule has 0 aliphatic carbocycles. The molecule has 2 aromatic carbocycles. The number of ether oxygens (including phenoxy) is 2. The highest BCUT2D eigenvalue weighted by Crippen LogP contribution is 2.30. The summed E-state index contributed by atoms with van der Waals surface area (Å²) in [7, 11) is 6.65. The number of rotatable bonds is 13. The second-order valence-electron chi connectivity index (χ2n) is 7.28. The zero-order chi connectivity index (χ0) is 23.3. The second-order valence-corrected chi connectivity index (χ2v) is 9.72. The average Bonchev–Trinajstić information content (AvgIpc) is 2.84. The molecule has 0 aliphatic rings. The predicted molar refractivity (Wildman–Crippen MR) is 138 cm³/mol. The highest BCUT2D eigenvalue weighted by atomic mass is 33.1. The van der Waals surface area contributed by atoms with E-state index in [2.05, 4.69) is 28.9 Å². The van der Waals surface area contributed by atoms with E-state index in [0.29, 0.717) is 6.42 Å². The summed E-state index contributed by atoms with van der Waals surface area (Å²) in [5, 5.41) is 4.00. The van der Waals surface area contributed by atoms with Crippen molar-refractivity contribution in [2.75, 3.05) is 25.3 Å². The van der Waals surface area contributed by atoms with E-state index in [1.807, 2.05) is 48.5 Å². The van der Waals surface area contributed by atoms with Crippen molar-refractivity contribution in [1.29, 1.82) is 0 Å². The summed E-state index contributed by atoms with van der Waals surface area (Å²) in [4.78, 5) is 16.6. The Morgan fingerprint density at radius 3 is 2.70 bits per heavy atom. The van der Waals surface area contributed by atoms with Crippen LogP contribution >= 0.6 is 21.6 Å². The van der Waals surface area contributed by atoms with Gasteiger partial charge in [-0.15, -0.1) is 0 Å². The Hall–Kier alpha value is -2.64. The fourth-order valence-electron chi connectivity index (χ4n) is 3.20. The number of pyridine rings is 1. The second kappa shape index (κ2) is 13.8. The summed E-state index contributed by atoms with van der Waals surface area (Å²) < 4.78 is 10.7. The molecule has 1 aromatic heterocycles. The number of benzene rings is 2. The highest BCUT2D eigenvalue weighted by molar-refractivity contribution is 8.76. The van der Waals surface area contributed by atoms with Gasteiger partial charge in [-0.25, -0.2) is 4.98 Å². The number of hydrogen-bond donors (Lipinski definition) is 1. The van der Waals surface area contributed by atoms with E-state index in [4.69, 9.17) is 9.47 Å². The lowest BCUT2D eigenvalue weighted by Gasteiger charge is -2.10. The molecule has 0 aliphatic heterocycles. The number of amides is 1. The maximum Gasteiger partial charge on any atom is 0.224 e. The Morgan fingerprint density at radius 2 is 1.91 bits per heavy atom. The van der Waals surface area contributed by atoms with Crippen LogP contribution in [0.3, 0.4) is 0 Å². The Morgan fingerprint density at radius 1 is 1.03 bits per heavy atom. The van der Waals surface area contributed by atoms with E-state index in [1.54, 1.807) is 42.0 Å². The Bertz CT molecular complexity index is 1020. The minimum atomic E-state index is 0.0425. The maximum atomic E-state index is 12.3. The molecule has 0 atom stereocenters. The molecule has 3 aromatic rings. The van der Waals surface area contributed by atoms with Gasteiger partial charge in [-0.2, -0.15) is 0 Å². The van der Waals surface area contributed by atoms with Gasteiger partial charge < -0.3 is 14.8 Å². The summed E-state index contributed by atoms with van der Waals surface area (Å²) in [6, 6.07) is 19.8. The van der Waals surface area contributed by atoms with Crippen molar-refractivity contribution >= 4 is 33.2 Å². The first-order valence-corrected chi connectivity index (χ1v) is 13.1. The van der Waals surface area contributed by atoms with Gasteiger partial charge in [0.05, 0.1) is 14.2 Å². The van der Waals surface area contributed by atoms with Crippen LogP contribution < -0.4 is 14.8 Å². The van der Waals surface area contributed by atoms with Crippen LogP contribution in [0.4, 0.5) is 5.69 Å². The summed E-state index contributed by atoms with van der Waals surface area (Å²) in [5.41, 5.74) is 3.11. The van der Waals surface area contributed by atoms with Gasteiger partial charge in [-0.05, 0) is 84.0 Å². The third kappa shape index (κ3) is 8.67. The summed E-state index contributed by atoms with van der Waals surface area (Å²) in [6.07, 6.45) is 7.08. The number of methoxy groups -OCH3 is 2. The largest absolute Gasteiger partial charge is 0.493 e. The first kappa shape index (κ1) is 25.0. The minimum absolute atomic E-state index is 0.0425. The highest BCUT2D eigenvalue weighted by Gasteiger charge is 2.06. The predicted octanol–water partition coefficient (Wildman–Crippen LogP) is 6.44. The Labute approximate surface area is 204 Å². The first-order chi connectivity index (χ1) is 16.2. The van der Waals surface area contributed by atoms with Crippen molar-refractivity contribution in [3.63, 3.8) is 0 Å². The molecular weight excluding hydrogens is 452 g/mol. The normalized spacial score (nSPS) is 10.6. The van der Waals surface area contributed by atoms with Crippen LogP contribution in [0.5, 0.6) is 11.5 Å². The summed E-state index contributed by atoms with van der Waals surface area (Å²) in [5.74, 6) is 2.42. The maximum absolute atomic E-state index is 12.3. The average molecular weight is 482 g/mol. The fraction of sp³-hybridized carbons (Fsp3) is 0.269. The molecule has 3 rings (SSSR count). The number of nitrogens with one attached hydrogen (secondary N) is 1. The molecule has 1 amide bonds. The zero-order valence-electron chi connectivity index (χ0n) is 19.0. The first-order valence-electron chi connectivity index (χ1n) is 10.8. The van der Waals surface area contributed by atoms with Crippen molar-refractivity contribution in [3.05, 3.63) is 84.4 Å². The number of anilines is 1. The summed E-state index contributed by atoms with van der Waals surface area (Å²) >= 11 is 0. The van der Waals surface area contributed by atoms with Crippen molar-refractivity contribution in [3.8, 4) is 11.5 Å². The number of carbonyl (C=O) groups excluding carboxylic acids is 1. The Balaban J connectivity index is 1.37. The number of hydrogen-bond acceptors (Lipinski definition) is 6. The van der Waals surface area contributed by atoms with Crippen LogP contribution in [0.25, 0.3) is 0 Å². The van der Waals surface area contributed by atoms with Gasteiger partial charge in [0, 0.05) is 24.1 Å². The molecule has 1 radical (unpaired) electrons. The third-order valence-electron chi connectivity index (χ3n) is 4.84. The lowest BCUT2D eigenvalue weighted by molar-refractivity contribution is -0.116. The standard InChI is InChI=1S/C26H29N2O3S2/c1-30-23-15-14-21(19-24(23)31-2)9-5-8-20-10-6-11-22(18-20)28-25(29)12-7-17-32-33-26-13-3-4-16-27-26/h3-4,6,8,10-11,13-16,18-19H,5,7,9,12,17H2,1-2H3,(H,28,29). The number of carbonyl (C=O) groups is 1. The van der Waals surface area contributed by atoms with Crippen LogP contribution in [0, 0.1) is 6.42 Å². The lowest BCUT2D eigenvalue weighted by atomic mass is 10.0. The lowest BCUT2D eigenvalue weighted by Crippen LogP contribution is -2.11. The van der Waals surface area contributed by atoms with E-state index in [-0.39, 0.29) is 5.91 Å². The molecule has 5 nitrogen and oxygen atoms in total. The van der Waals surface area contributed by atoms with Gasteiger partial charge in [0.15, 0.2) is 11.5 Å². The van der Waals surface area contributed by atoms with Crippen LogP contribution in [-0.4, -0.2) is 30.9 Å². The quantitative estimate of drug-likeness (QED) is 0.224. The number of nitrogens with zero attached hydrogens (tertiary/aromatic N) is 1. The molecule has 0 fully saturated rings. The molecule has 33 heavy (non-hydrogen) atoms. The molecule has 0 spiro atoms. The van der Waals surface area contributed by atoms with Crippen LogP contribution in [0.1, 0.15) is 30.4 Å². The van der Waals surface area contributed by atoms with Gasteiger partial charge in [0.2, 0.25) is 5.91 Å². The minimum Gasteiger partial charge on any atom is -0.493 e. The number of aromatic nitrogens is 1. The van der Waals surface area contributed by atoms with Crippen LogP contribution in [-0.2, 0) is 11.2 Å². The zero-order valence-corrected chi connectivity index (χ0v) is 20.6. The van der Waals surface area contributed by atoms with Gasteiger partial charge in [0.1, 0.15) is 5.03 Å². The van der Waals surface area contributed by atoms with Gasteiger partial charge in [0.25, 0.3) is 0 Å². The Kier molecular flexibility index (Phi) is 10.5. The topological polar surface area (TPSA) is 60.5 Å². The smallest absolute Gasteiger partial charge is 0.224 e. The molecule has 1 heterocycles. The van der Waals surface area contributed by atoms with E-state index in [9.17, 15) is 4.79 Å². The molecular formula is C26H29N2O3S2. The molecule has 0 bridgehead atoms. The van der Waals surface area contributed by atoms with Crippen molar-refractivity contribution in [2.24, 2.45) is 0 Å². The summed E-state index contributed by atoms with van der Waals surface area (Å²) in [6.45, 7) is 0. The van der Waals surface area contributed by atoms with Crippen LogP contribution in [0.15, 0.2) is 71.9 Å².